The van der Waals surface area contributed by atoms with Crippen LogP contribution in [0.3, 0.4) is 0 Å². The molecule has 88 valence electrons. The topological polar surface area (TPSA) is 97.9 Å². The molecule has 1 aromatic carbocycles. The third-order valence-electron chi connectivity index (χ3n) is 2.17. The second-order valence-electron chi connectivity index (χ2n) is 3.22. The third-order valence-corrected chi connectivity index (χ3v) is 2.17. The minimum Gasteiger partial charge on any atom is -0.351 e. The first-order valence-corrected chi connectivity index (χ1v) is 4.35. The van der Waals surface area contributed by atoms with E-state index in [-0.39, 0.29) is 10.9 Å². The number of hydrogen-bond acceptors (Lipinski definition) is 3. The van der Waals surface area contributed by atoms with Gasteiger partial charge in [-0.25, -0.2) is 22.9 Å². The maximum absolute atomic E-state index is 13.0. The van der Waals surface area contributed by atoms with E-state index >= 15 is 0 Å². The van der Waals surface area contributed by atoms with Crippen LogP contribution >= 0.6 is 0 Å². The highest BCUT2D eigenvalue weighted by atomic mass is 19.2. The van der Waals surface area contributed by atoms with Gasteiger partial charge in [0.05, 0.1) is 10.9 Å². The van der Waals surface area contributed by atoms with Crippen LogP contribution in [0.5, 0.6) is 0 Å². The number of benzene rings is 1. The van der Waals surface area contributed by atoms with Crippen LogP contribution < -0.4 is 17.0 Å². The van der Waals surface area contributed by atoms with Gasteiger partial charge in [0.25, 0.3) is 5.56 Å². The molecular formula is C9H5F2N3O3. The molecule has 0 spiro atoms. The molecule has 0 unspecified atom stereocenters. The smallest absolute Gasteiger partial charge is 0.337 e. The van der Waals surface area contributed by atoms with Gasteiger partial charge >= 0.3 is 11.7 Å². The second kappa shape index (κ2) is 3.51. The predicted molar refractivity (Wildman–Crippen MR) is 53.7 cm³/mol. The Bertz CT molecular complexity index is 747. The molecule has 0 saturated heterocycles. The van der Waals surface area contributed by atoms with Crippen molar-refractivity contribution >= 4 is 16.9 Å². The molecule has 0 aliphatic carbocycles. The molecule has 3 N–H and O–H groups in total. The van der Waals surface area contributed by atoms with Gasteiger partial charge in [0, 0.05) is 6.07 Å². The molecule has 2 aromatic rings. The minimum absolute atomic E-state index is 0.345. The molecule has 2 rings (SSSR count). The van der Waals surface area contributed by atoms with Crippen LogP contribution in [0.15, 0.2) is 21.7 Å². The predicted octanol–water partition coefficient (Wildman–Crippen LogP) is -0.105. The lowest BCUT2D eigenvalue weighted by atomic mass is 10.2. The Labute approximate surface area is 91.3 Å². The summed E-state index contributed by atoms with van der Waals surface area (Å²) < 4.78 is 26.3. The first kappa shape index (κ1) is 11.0. The third kappa shape index (κ3) is 1.59. The second-order valence-corrected chi connectivity index (χ2v) is 3.22. The molecule has 1 aromatic heterocycles. The van der Waals surface area contributed by atoms with Gasteiger partial charge in [-0.1, -0.05) is 0 Å². The monoisotopic (exact) mass is 241 g/mol. The Hall–Kier alpha value is -2.51. The number of primary amides is 1. The molecule has 0 atom stereocenters. The summed E-state index contributed by atoms with van der Waals surface area (Å²) in [6.07, 6.45) is 0. The van der Waals surface area contributed by atoms with Crippen LogP contribution in [-0.4, -0.2) is 15.6 Å². The number of carbonyl (C=O) groups excluding carboxylic acids is 1. The maximum atomic E-state index is 13.0. The first-order chi connectivity index (χ1) is 7.91. The molecule has 0 aliphatic heterocycles. The Morgan fingerprint density at radius 1 is 1.24 bits per heavy atom. The van der Waals surface area contributed by atoms with E-state index < -0.39 is 28.9 Å². The Morgan fingerprint density at radius 3 is 2.41 bits per heavy atom. The lowest BCUT2D eigenvalue weighted by Crippen LogP contribution is -2.37. The molecular weight excluding hydrogens is 236 g/mol. The molecule has 6 nitrogen and oxygen atoms in total. The fraction of sp³-hybridized carbons (Fsp3) is 0. The molecule has 1 heterocycles. The number of rotatable bonds is 0. The zero-order valence-electron chi connectivity index (χ0n) is 8.16. The number of carbonyl (C=O) groups is 1. The Morgan fingerprint density at radius 2 is 1.82 bits per heavy atom. The molecule has 8 heteroatoms. The molecule has 0 aliphatic rings. The Kier molecular flexibility index (Phi) is 2.27. The van der Waals surface area contributed by atoms with Gasteiger partial charge in [-0.05, 0) is 6.07 Å². The van der Waals surface area contributed by atoms with Crippen molar-refractivity contribution in [2.24, 2.45) is 5.73 Å². The Balaban J connectivity index is 3.11. The fourth-order valence-electron chi connectivity index (χ4n) is 1.45. The summed E-state index contributed by atoms with van der Waals surface area (Å²) in [4.78, 5) is 35.4. The van der Waals surface area contributed by atoms with E-state index in [0.717, 1.165) is 0 Å². The largest absolute Gasteiger partial charge is 0.351 e. The van der Waals surface area contributed by atoms with E-state index in [4.69, 9.17) is 5.73 Å². The van der Waals surface area contributed by atoms with Gasteiger partial charge in [-0.2, -0.15) is 0 Å². The van der Waals surface area contributed by atoms with E-state index in [2.05, 4.69) is 0 Å². The van der Waals surface area contributed by atoms with Crippen LogP contribution in [0.1, 0.15) is 0 Å². The summed E-state index contributed by atoms with van der Waals surface area (Å²) in [5.74, 6) is -2.56. The number of fused-ring (bicyclic) bond motifs is 1. The van der Waals surface area contributed by atoms with Crippen molar-refractivity contribution in [1.29, 1.82) is 0 Å². The lowest BCUT2D eigenvalue weighted by molar-refractivity contribution is 0.250. The summed E-state index contributed by atoms with van der Waals surface area (Å²) in [5, 5.41) is -0.345. The molecule has 0 saturated carbocycles. The number of nitrogens with zero attached hydrogens (tertiary/aromatic N) is 1. The number of hydrogen-bond donors (Lipinski definition) is 2. The van der Waals surface area contributed by atoms with E-state index in [0.29, 0.717) is 16.7 Å². The zero-order valence-corrected chi connectivity index (χ0v) is 8.16. The molecule has 0 radical (unpaired) electrons. The average Bonchev–Trinajstić information content (AvgIpc) is 2.20. The number of aromatic amines is 1. The minimum atomic E-state index is -1.29. The van der Waals surface area contributed by atoms with Crippen molar-refractivity contribution in [1.82, 2.24) is 9.55 Å². The van der Waals surface area contributed by atoms with Crippen molar-refractivity contribution in [3.63, 3.8) is 0 Å². The van der Waals surface area contributed by atoms with Crippen molar-refractivity contribution < 1.29 is 13.6 Å². The van der Waals surface area contributed by atoms with Crippen molar-refractivity contribution in [3.8, 4) is 0 Å². The van der Waals surface area contributed by atoms with Gasteiger partial charge in [-0.3, -0.25) is 9.78 Å². The van der Waals surface area contributed by atoms with Gasteiger partial charge in [0.15, 0.2) is 11.6 Å². The summed E-state index contributed by atoms with van der Waals surface area (Å²) in [6.45, 7) is 0. The molecule has 1 amide bonds. The zero-order chi connectivity index (χ0) is 12.7. The van der Waals surface area contributed by atoms with E-state index in [9.17, 15) is 23.2 Å². The van der Waals surface area contributed by atoms with Crippen LogP contribution in [-0.2, 0) is 0 Å². The number of aromatic nitrogens is 2. The number of amides is 1. The number of halogens is 2. The van der Waals surface area contributed by atoms with E-state index in [1.165, 1.54) is 0 Å². The molecule has 0 bridgehead atoms. The van der Waals surface area contributed by atoms with E-state index in [1.54, 1.807) is 4.98 Å². The summed E-state index contributed by atoms with van der Waals surface area (Å²) >= 11 is 0. The van der Waals surface area contributed by atoms with Crippen molar-refractivity contribution in [2.45, 2.75) is 0 Å². The number of H-pyrrole nitrogens is 1. The lowest BCUT2D eigenvalue weighted by Gasteiger charge is -2.05. The van der Waals surface area contributed by atoms with Crippen molar-refractivity contribution in [3.05, 3.63) is 44.6 Å². The highest BCUT2D eigenvalue weighted by molar-refractivity contribution is 5.88. The standard InChI is InChI=1S/C9H5F2N3O3/c10-4-1-3-6(2-5(4)11)14(8(12)16)9(17)13-7(3)15/h1-2H,(H2,12,16)(H,13,15,17). The van der Waals surface area contributed by atoms with Gasteiger partial charge in [0.2, 0.25) is 0 Å². The van der Waals surface area contributed by atoms with Gasteiger partial charge < -0.3 is 5.73 Å². The van der Waals surface area contributed by atoms with Crippen molar-refractivity contribution in [2.75, 3.05) is 0 Å². The van der Waals surface area contributed by atoms with Gasteiger partial charge in [-0.15, -0.1) is 0 Å². The van der Waals surface area contributed by atoms with Crippen LogP contribution in [0, 0.1) is 11.6 Å². The highest BCUT2D eigenvalue weighted by Gasteiger charge is 2.14. The first-order valence-electron chi connectivity index (χ1n) is 4.35. The van der Waals surface area contributed by atoms with Crippen LogP contribution in [0.25, 0.3) is 10.9 Å². The molecule has 0 fully saturated rings. The maximum Gasteiger partial charge on any atom is 0.337 e. The average molecular weight is 241 g/mol. The summed E-state index contributed by atoms with van der Waals surface area (Å²) in [7, 11) is 0. The summed E-state index contributed by atoms with van der Waals surface area (Å²) in [5.41, 5.74) is 2.48. The molecule has 17 heavy (non-hydrogen) atoms. The number of nitrogens with one attached hydrogen (secondary N) is 1. The normalized spacial score (nSPS) is 10.7. The SMILES string of the molecule is NC(=O)n1c(=O)[nH]c(=O)c2cc(F)c(F)cc21. The van der Waals surface area contributed by atoms with Crippen LogP contribution in [0.4, 0.5) is 13.6 Å². The number of nitrogens with two attached hydrogens (primary N) is 1. The van der Waals surface area contributed by atoms with Crippen LogP contribution in [0.2, 0.25) is 0 Å². The van der Waals surface area contributed by atoms with Gasteiger partial charge in [0.1, 0.15) is 0 Å². The quantitative estimate of drug-likeness (QED) is 0.673. The highest BCUT2D eigenvalue weighted by Crippen LogP contribution is 2.13. The van der Waals surface area contributed by atoms with E-state index in [1.807, 2.05) is 0 Å². The summed E-state index contributed by atoms with van der Waals surface area (Å²) in [6, 6.07) is -0.0590. The fourth-order valence-corrected chi connectivity index (χ4v) is 1.45.